The molecule has 2 aromatic rings. The molecule has 0 aliphatic heterocycles. The van der Waals surface area contributed by atoms with Gasteiger partial charge in [-0.2, -0.15) is 0 Å². The number of rotatable bonds is 3. The molecule has 5 nitrogen and oxygen atoms in total. The largest absolute Gasteiger partial charge is 0.497 e. The van der Waals surface area contributed by atoms with Gasteiger partial charge in [0.15, 0.2) is 0 Å². The summed E-state index contributed by atoms with van der Waals surface area (Å²) in [7, 11) is 3.17. The Morgan fingerprint density at radius 1 is 1.10 bits per heavy atom. The van der Waals surface area contributed by atoms with Crippen LogP contribution in [0.2, 0.25) is 0 Å². The molecule has 1 N–H and O–H groups in total. The van der Waals surface area contributed by atoms with E-state index in [1.54, 1.807) is 20.3 Å². The SMILES string of the molecule is COc1ccc(-c2cc(=O)[nH]c(C(C)(C)C)n2)c(OC)c1. The maximum Gasteiger partial charge on any atom is 0.251 e. The van der Waals surface area contributed by atoms with Gasteiger partial charge in [0.05, 0.1) is 19.9 Å². The fourth-order valence-corrected chi connectivity index (χ4v) is 1.96. The monoisotopic (exact) mass is 288 g/mol. The average Bonchev–Trinajstić information content (AvgIpc) is 2.45. The minimum atomic E-state index is -0.241. The Bertz CT molecular complexity index is 699. The molecule has 0 radical (unpaired) electrons. The predicted octanol–water partition coefficient (Wildman–Crippen LogP) is 2.75. The second-order valence-corrected chi connectivity index (χ2v) is 5.80. The molecular formula is C16H20N2O3. The van der Waals surface area contributed by atoms with Crippen molar-refractivity contribution < 1.29 is 9.47 Å². The molecule has 2 rings (SSSR count). The molecule has 0 saturated heterocycles. The van der Waals surface area contributed by atoms with Crippen molar-refractivity contribution in [1.82, 2.24) is 9.97 Å². The van der Waals surface area contributed by atoms with Crippen molar-refractivity contribution in [3.05, 3.63) is 40.4 Å². The number of hydrogen-bond donors (Lipinski definition) is 1. The van der Waals surface area contributed by atoms with Crippen LogP contribution in [-0.4, -0.2) is 24.2 Å². The van der Waals surface area contributed by atoms with E-state index in [1.165, 1.54) is 6.07 Å². The highest BCUT2D eigenvalue weighted by atomic mass is 16.5. The lowest BCUT2D eigenvalue weighted by atomic mass is 9.95. The van der Waals surface area contributed by atoms with Crippen LogP contribution in [0.3, 0.4) is 0 Å². The van der Waals surface area contributed by atoms with E-state index in [0.29, 0.717) is 23.0 Å². The van der Waals surface area contributed by atoms with Gasteiger partial charge < -0.3 is 14.5 Å². The topological polar surface area (TPSA) is 64.2 Å². The number of nitrogens with one attached hydrogen (secondary N) is 1. The van der Waals surface area contributed by atoms with Gasteiger partial charge in [-0.05, 0) is 12.1 Å². The van der Waals surface area contributed by atoms with Gasteiger partial charge in [-0.3, -0.25) is 4.79 Å². The molecule has 0 saturated carbocycles. The molecule has 5 heteroatoms. The van der Waals surface area contributed by atoms with Crippen LogP contribution in [0.25, 0.3) is 11.3 Å². The van der Waals surface area contributed by atoms with Crippen LogP contribution in [0.5, 0.6) is 11.5 Å². The normalized spacial score (nSPS) is 11.3. The molecule has 0 fully saturated rings. The van der Waals surface area contributed by atoms with Crippen LogP contribution >= 0.6 is 0 Å². The first-order chi connectivity index (χ1) is 9.85. The molecule has 0 bridgehead atoms. The van der Waals surface area contributed by atoms with E-state index in [0.717, 1.165) is 5.56 Å². The average molecular weight is 288 g/mol. The van der Waals surface area contributed by atoms with Gasteiger partial charge in [0, 0.05) is 23.1 Å². The Morgan fingerprint density at radius 2 is 1.81 bits per heavy atom. The lowest BCUT2D eigenvalue weighted by Gasteiger charge is -2.18. The number of hydrogen-bond acceptors (Lipinski definition) is 4. The molecule has 1 heterocycles. The maximum atomic E-state index is 11.9. The number of aromatic amines is 1. The number of aromatic nitrogens is 2. The third-order valence-corrected chi connectivity index (χ3v) is 3.14. The molecule has 0 aliphatic rings. The van der Waals surface area contributed by atoms with E-state index in [2.05, 4.69) is 9.97 Å². The van der Waals surface area contributed by atoms with Gasteiger partial charge in [0.1, 0.15) is 17.3 Å². The van der Waals surface area contributed by atoms with Crippen LogP contribution in [0.1, 0.15) is 26.6 Å². The second kappa shape index (κ2) is 5.60. The van der Waals surface area contributed by atoms with Crippen molar-refractivity contribution in [2.75, 3.05) is 14.2 Å². The molecule has 0 spiro atoms. The van der Waals surface area contributed by atoms with E-state index >= 15 is 0 Å². The van der Waals surface area contributed by atoms with Crippen molar-refractivity contribution in [3.63, 3.8) is 0 Å². The van der Waals surface area contributed by atoms with Crippen LogP contribution in [0.4, 0.5) is 0 Å². The van der Waals surface area contributed by atoms with Gasteiger partial charge in [-0.25, -0.2) is 4.98 Å². The Morgan fingerprint density at radius 3 is 2.38 bits per heavy atom. The third-order valence-electron chi connectivity index (χ3n) is 3.14. The van der Waals surface area contributed by atoms with Gasteiger partial charge in [-0.1, -0.05) is 20.8 Å². The van der Waals surface area contributed by atoms with Crippen LogP contribution in [0, 0.1) is 0 Å². The first-order valence-electron chi connectivity index (χ1n) is 6.69. The lowest BCUT2D eigenvalue weighted by molar-refractivity contribution is 0.395. The number of nitrogens with zero attached hydrogens (tertiary/aromatic N) is 1. The molecule has 0 amide bonds. The van der Waals surface area contributed by atoms with E-state index in [4.69, 9.17) is 9.47 Å². The molecule has 112 valence electrons. The quantitative estimate of drug-likeness (QED) is 0.943. The summed E-state index contributed by atoms with van der Waals surface area (Å²) in [5.41, 5.74) is 0.926. The van der Waals surface area contributed by atoms with Crippen LogP contribution in [0.15, 0.2) is 29.1 Å². The van der Waals surface area contributed by atoms with Crippen molar-refractivity contribution in [2.24, 2.45) is 0 Å². The first-order valence-corrected chi connectivity index (χ1v) is 6.69. The Hall–Kier alpha value is -2.30. The number of ether oxygens (including phenoxy) is 2. The van der Waals surface area contributed by atoms with E-state index in [1.807, 2.05) is 32.9 Å². The summed E-state index contributed by atoms with van der Waals surface area (Å²) in [6, 6.07) is 6.90. The molecule has 1 aromatic carbocycles. The second-order valence-electron chi connectivity index (χ2n) is 5.80. The zero-order valence-corrected chi connectivity index (χ0v) is 13.0. The molecular weight excluding hydrogens is 268 g/mol. The van der Waals surface area contributed by atoms with Crippen molar-refractivity contribution in [3.8, 4) is 22.8 Å². The van der Waals surface area contributed by atoms with Crippen LogP contribution in [-0.2, 0) is 5.41 Å². The minimum absolute atomic E-state index is 0.178. The minimum Gasteiger partial charge on any atom is -0.497 e. The lowest BCUT2D eigenvalue weighted by Crippen LogP contribution is -2.22. The highest BCUT2D eigenvalue weighted by molar-refractivity contribution is 5.68. The smallest absolute Gasteiger partial charge is 0.251 e. The zero-order valence-electron chi connectivity index (χ0n) is 13.0. The molecule has 0 aliphatic carbocycles. The Labute approximate surface area is 124 Å². The van der Waals surface area contributed by atoms with Gasteiger partial charge >= 0.3 is 0 Å². The summed E-state index contributed by atoms with van der Waals surface area (Å²) < 4.78 is 10.6. The van der Waals surface area contributed by atoms with Crippen molar-refractivity contribution in [2.45, 2.75) is 26.2 Å². The fraction of sp³-hybridized carbons (Fsp3) is 0.375. The summed E-state index contributed by atoms with van der Waals surface area (Å²) in [5.74, 6) is 1.95. The standard InChI is InChI=1S/C16H20N2O3/c1-16(2,3)15-17-12(9-14(19)18-15)11-7-6-10(20-4)8-13(11)21-5/h6-9H,1-5H3,(H,17,18,19). The molecule has 1 aromatic heterocycles. The van der Waals surface area contributed by atoms with Gasteiger partial charge in [0.2, 0.25) is 0 Å². The molecule has 21 heavy (non-hydrogen) atoms. The Balaban J connectivity index is 2.62. The first kappa shape index (κ1) is 15.1. The number of H-pyrrole nitrogens is 1. The number of benzene rings is 1. The van der Waals surface area contributed by atoms with E-state index in [-0.39, 0.29) is 11.0 Å². The summed E-state index contributed by atoms with van der Waals surface area (Å²) >= 11 is 0. The summed E-state index contributed by atoms with van der Waals surface area (Å²) in [4.78, 5) is 19.2. The fourth-order valence-electron chi connectivity index (χ4n) is 1.96. The molecule has 0 unspecified atom stereocenters. The van der Waals surface area contributed by atoms with Crippen LogP contribution < -0.4 is 15.0 Å². The third kappa shape index (κ3) is 3.24. The predicted molar refractivity (Wildman–Crippen MR) is 82.1 cm³/mol. The summed E-state index contributed by atoms with van der Waals surface area (Å²) in [5, 5.41) is 0. The van der Waals surface area contributed by atoms with Gasteiger partial charge in [0.25, 0.3) is 5.56 Å². The number of methoxy groups -OCH3 is 2. The zero-order chi connectivity index (χ0) is 15.6. The highest BCUT2D eigenvalue weighted by Crippen LogP contribution is 2.32. The summed E-state index contributed by atoms with van der Waals surface area (Å²) in [6.07, 6.45) is 0. The summed E-state index contributed by atoms with van der Waals surface area (Å²) in [6.45, 7) is 6.00. The van der Waals surface area contributed by atoms with Crippen molar-refractivity contribution in [1.29, 1.82) is 0 Å². The maximum absolute atomic E-state index is 11.9. The Kier molecular flexibility index (Phi) is 4.02. The van der Waals surface area contributed by atoms with E-state index in [9.17, 15) is 4.79 Å². The van der Waals surface area contributed by atoms with Gasteiger partial charge in [-0.15, -0.1) is 0 Å². The highest BCUT2D eigenvalue weighted by Gasteiger charge is 2.19. The van der Waals surface area contributed by atoms with Crippen molar-refractivity contribution >= 4 is 0 Å². The molecule has 0 atom stereocenters. The van der Waals surface area contributed by atoms with E-state index < -0.39 is 0 Å².